The summed E-state index contributed by atoms with van der Waals surface area (Å²) in [4.78, 5) is 4.96. The maximum absolute atomic E-state index is 5.56. The number of hydrogen-bond acceptors (Lipinski definition) is 4. The highest BCUT2D eigenvalue weighted by Gasteiger charge is 1.96. The van der Waals surface area contributed by atoms with E-state index in [9.17, 15) is 0 Å². The Hall–Kier alpha value is -1.55. The Balaban J connectivity index is 2.64. The van der Waals surface area contributed by atoms with Crippen molar-refractivity contribution in [3.63, 3.8) is 0 Å². The van der Waals surface area contributed by atoms with E-state index in [2.05, 4.69) is 5.16 Å². The van der Waals surface area contributed by atoms with Gasteiger partial charge in [-0.3, -0.25) is 0 Å². The molecule has 0 amide bonds. The summed E-state index contributed by atoms with van der Waals surface area (Å²) in [5.74, 6) is 0. The molecule has 76 valence electrons. The van der Waals surface area contributed by atoms with Gasteiger partial charge in [-0.15, -0.1) is 0 Å². The molecule has 1 rings (SSSR count). The number of nitrogens with two attached hydrogens (primary N) is 2. The predicted molar refractivity (Wildman–Crippen MR) is 58.1 cm³/mol. The van der Waals surface area contributed by atoms with Crippen molar-refractivity contribution >= 4 is 11.4 Å². The zero-order valence-corrected chi connectivity index (χ0v) is 8.23. The average Bonchev–Trinajstić information content (AvgIpc) is 2.19. The number of nitrogen functional groups attached to an aromatic ring is 1. The van der Waals surface area contributed by atoms with Gasteiger partial charge in [0.1, 0.15) is 6.61 Å². The molecule has 0 radical (unpaired) electrons. The Bertz CT molecular complexity index is 306. The van der Waals surface area contributed by atoms with Gasteiger partial charge in [0.05, 0.1) is 5.71 Å². The van der Waals surface area contributed by atoms with Crippen LogP contribution in [0.4, 0.5) is 5.69 Å². The highest BCUT2D eigenvalue weighted by Crippen LogP contribution is 2.06. The molecule has 0 aromatic heterocycles. The van der Waals surface area contributed by atoms with E-state index in [1.807, 2.05) is 31.2 Å². The van der Waals surface area contributed by atoms with Crippen LogP contribution in [0.5, 0.6) is 0 Å². The standard InChI is InChI=1S/C10H15N3O/c1-8(13-14-7-6-11)9-2-4-10(12)5-3-9/h2-5H,6-7,11-12H2,1H3/b13-8-. The van der Waals surface area contributed by atoms with Gasteiger partial charge in [0.15, 0.2) is 0 Å². The van der Waals surface area contributed by atoms with Crippen molar-refractivity contribution in [3.05, 3.63) is 29.8 Å². The predicted octanol–water partition coefficient (Wildman–Crippen LogP) is 0.968. The zero-order valence-electron chi connectivity index (χ0n) is 8.23. The van der Waals surface area contributed by atoms with Crippen molar-refractivity contribution in [2.24, 2.45) is 10.9 Å². The fourth-order valence-corrected chi connectivity index (χ4v) is 0.972. The third-order valence-corrected chi connectivity index (χ3v) is 1.74. The minimum atomic E-state index is 0.437. The number of oxime groups is 1. The second-order valence-corrected chi connectivity index (χ2v) is 2.92. The molecular formula is C10H15N3O. The third kappa shape index (κ3) is 3.06. The Morgan fingerprint density at radius 2 is 2.00 bits per heavy atom. The first-order valence-electron chi connectivity index (χ1n) is 4.46. The lowest BCUT2D eigenvalue weighted by molar-refractivity contribution is 0.152. The van der Waals surface area contributed by atoms with Crippen LogP contribution in [-0.2, 0) is 4.84 Å². The highest BCUT2D eigenvalue weighted by molar-refractivity contribution is 5.98. The van der Waals surface area contributed by atoms with Crippen LogP contribution in [0.25, 0.3) is 0 Å². The van der Waals surface area contributed by atoms with E-state index in [1.54, 1.807) is 0 Å². The normalized spacial score (nSPS) is 11.4. The van der Waals surface area contributed by atoms with Crippen LogP contribution in [0.15, 0.2) is 29.4 Å². The maximum Gasteiger partial charge on any atom is 0.129 e. The van der Waals surface area contributed by atoms with Gasteiger partial charge in [-0.25, -0.2) is 0 Å². The summed E-state index contributed by atoms with van der Waals surface area (Å²) in [6, 6.07) is 7.47. The second kappa shape index (κ2) is 5.24. The van der Waals surface area contributed by atoms with Crippen LogP contribution in [0, 0.1) is 0 Å². The number of anilines is 1. The lowest BCUT2D eigenvalue weighted by atomic mass is 10.1. The van der Waals surface area contributed by atoms with E-state index in [0.29, 0.717) is 13.2 Å². The van der Waals surface area contributed by atoms with Crippen LogP contribution < -0.4 is 11.5 Å². The molecule has 0 saturated heterocycles. The maximum atomic E-state index is 5.56. The van der Waals surface area contributed by atoms with E-state index >= 15 is 0 Å². The number of hydrogen-bond donors (Lipinski definition) is 2. The van der Waals surface area contributed by atoms with Gasteiger partial charge in [-0.2, -0.15) is 0 Å². The molecule has 0 bridgehead atoms. The molecule has 1 aromatic carbocycles. The largest absolute Gasteiger partial charge is 0.399 e. The molecule has 0 saturated carbocycles. The molecule has 4 nitrogen and oxygen atoms in total. The molecule has 0 spiro atoms. The lowest BCUT2D eigenvalue weighted by Crippen LogP contribution is -2.07. The second-order valence-electron chi connectivity index (χ2n) is 2.92. The van der Waals surface area contributed by atoms with Gasteiger partial charge in [0, 0.05) is 12.2 Å². The van der Waals surface area contributed by atoms with Crippen LogP contribution >= 0.6 is 0 Å². The molecule has 1 aromatic rings. The summed E-state index contributed by atoms with van der Waals surface area (Å²) in [6.45, 7) is 2.78. The van der Waals surface area contributed by atoms with Crippen molar-refractivity contribution in [2.75, 3.05) is 18.9 Å². The van der Waals surface area contributed by atoms with Crippen molar-refractivity contribution in [1.82, 2.24) is 0 Å². The molecule has 0 aliphatic carbocycles. The smallest absolute Gasteiger partial charge is 0.129 e. The first kappa shape index (κ1) is 10.5. The van der Waals surface area contributed by atoms with E-state index in [1.165, 1.54) is 0 Å². The van der Waals surface area contributed by atoms with E-state index in [0.717, 1.165) is 17.0 Å². The summed E-state index contributed by atoms with van der Waals surface area (Å²) < 4.78 is 0. The van der Waals surface area contributed by atoms with Crippen LogP contribution in [0.3, 0.4) is 0 Å². The van der Waals surface area contributed by atoms with Gasteiger partial charge < -0.3 is 16.3 Å². The minimum absolute atomic E-state index is 0.437. The van der Waals surface area contributed by atoms with E-state index in [-0.39, 0.29) is 0 Å². The SMILES string of the molecule is C/C(=N/OCCN)c1ccc(N)cc1. The number of benzene rings is 1. The van der Waals surface area contributed by atoms with Crippen LogP contribution in [-0.4, -0.2) is 18.9 Å². The molecule has 0 aliphatic heterocycles. The Kier molecular flexibility index (Phi) is 3.94. The highest BCUT2D eigenvalue weighted by atomic mass is 16.6. The van der Waals surface area contributed by atoms with Crippen LogP contribution in [0.2, 0.25) is 0 Å². The number of nitrogens with zero attached hydrogens (tertiary/aromatic N) is 1. The minimum Gasteiger partial charge on any atom is -0.399 e. The summed E-state index contributed by atoms with van der Waals surface area (Å²) >= 11 is 0. The van der Waals surface area contributed by atoms with Crippen molar-refractivity contribution in [2.45, 2.75) is 6.92 Å². The molecule has 0 heterocycles. The van der Waals surface area contributed by atoms with Crippen molar-refractivity contribution in [3.8, 4) is 0 Å². The first-order chi connectivity index (χ1) is 6.74. The fraction of sp³-hybridized carbons (Fsp3) is 0.300. The van der Waals surface area contributed by atoms with E-state index in [4.69, 9.17) is 16.3 Å². The molecule has 4 N–H and O–H groups in total. The fourth-order valence-electron chi connectivity index (χ4n) is 0.972. The molecule has 0 aliphatic rings. The van der Waals surface area contributed by atoms with Gasteiger partial charge in [-0.05, 0) is 24.6 Å². The van der Waals surface area contributed by atoms with Gasteiger partial charge in [-0.1, -0.05) is 17.3 Å². The van der Waals surface area contributed by atoms with Crippen molar-refractivity contribution in [1.29, 1.82) is 0 Å². The van der Waals surface area contributed by atoms with Gasteiger partial charge in [0.2, 0.25) is 0 Å². The Labute approximate surface area is 83.5 Å². The summed E-state index contributed by atoms with van der Waals surface area (Å²) in [5.41, 5.74) is 13.4. The molecule has 0 unspecified atom stereocenters. The topological polar surface area (TPSA) is 73.6 Å². The monoisotopic (exact) mass is 193 g/mol. The van der Waals surface area contributed by atoms with Gasteiger partial charge >= 0.3 is 0 Å². The Morgan fingerprint density at radius 1 is 1.36 bits per heavy atom. The zero-order chi connectivity index (χ0) is 10.4. The van der Waals surface area contributed by atoms with Gasteiger partial charge in [0.25, 0.3) is 0 Å². The third-order valence-electron chi connectivity index (χ3n) is 1.74. The summed E-state index contributed by atoms with van der Waals surface area (Å²) in [6.07, 6.45) is 0. The van der Waals surface area contributed by atoms with Crippen LogP contribution in [0.1, 0.15) is 12.5 Å². The van der Waals surface area contributed by atoms with Crippen molar-refractivity contribution < 1.29 is 4.84 Å². The van der Waals surface area contributed by atoms with E-state index < -0.39 is 0 Å². The molecule has 0 atom stereocenters. The summed E-state index contributed by atoms with van der Waals surface area (Å²) in [7, 11) is 0. The molecule has 4 heteroatoms. The Morgan fingerprint density at radius 3 is 2.57 bits per heavy atom. The lowest BCUT2D eigenvalue weighted by Gasteiger charge is -2.01. The molecular weight excluding hydrogens is 178 g/mol. The number of rotatable bonds is 4. The first-order valence-corrected chi connectivity index (χ1v) is 4.46. The summed E-state index contributed by atoms with van der Waals surface area (Å²) in [5, 5.41) is 3.91. The average molecular weight is 193 g/mol. The molecule has 14 heavy (non-hydrogen) atoms. The molecule has 0 fully saturated rings. The quantitative estimate of drug-likeness (QED) is 0.324.